The number of nitrogens with one attached hydrogen (secondary N) is 1. The Morgan fingerprint density at radius 2 is 1.82 bits per heavy atom. The van der Waals surface area contributed by atoms with Gasteiger partial charge in [-0.2, -0.15) is 0 Å². The van der Waals surface area contributed by atoms with E-state index in [-0.39, 0.29) is 29.3 Å². The van der Waals surface area contributed by atoms with Crippen molar-refractivity contribution in [3.05, 3.63) is 57.9 Å². The molecule has 0 aromatic heterocycles. The Bertz CT molecular complexity index is 901. The molecule has 0 spiro atoms. The van der Waals surface area contributed by atoms with Gasteiger partial charge in [-0.1, -0.05) is 6.07 Å². The molecule has 0 atom stereocenters. The zero-order valence-corrected chi connectivity index (χ0v) is 15.1. The summed E-state index contributed by atoms with van der Waals surface area (Å²) in [7, 11) is 2.62. The molecule has 0 unspecified atom stereocenters. The minimum atomic E-state index is -0.726. The summed E-state index contributed by atoms with van der Waals surface area (Å²) in [5.74, 6) is -1.87. The van der Waals surface area contributed by atoms with Crippen LogP contribution in [0.4, 0.5) is 15.8 Å². The predicted octanol–water partition coefficient (Wildman–Crippen LogP) is 2.48. The second-order valence-corrected chi connectivity index (χ2v) is 5.50. The van der Waals surface area contributed by atoms with Gasteiger partial charge in [-0.15, -0.1) is 0 Å². The number of carbonyl (C=O) groups is 2. The van der Waals surface area contributed by atoms with Gasteiger partial charge in [-0.05, 0) is 23.8 Å². The molecular weight excluding hydrogens is 375 g/mol. The van der Waals surface area contributed by atoms with Gasteiger partial charge in [-0.25, -0.2) is 4.39 Å². The summed E-state index contributed by atoms with van der Waals surface area (Å²) in [5.41, 5.74) is 0.347. The van der Waals surface area contributed by atoms with Crippen molar-refractivity contribution in [3.63, 3.8) is 0 Å². The molecule has 0 heterocycles. The first-order chi connectivity index (χ1) is 13.3. The molecule has 0 radical (unpaired) electrons. The van der Waals surface area contributed by atoms with Crippen molar-refractivity contribution < 1.29 is 33.1 Å². The summed E-state index contributed by atoms with van der Waals surface area (Å²) >= 11 is 0. The Balaban J connectivity index is 1.91. The van der Waals surface area contributed by atoms with Crippen LogP contribution in [0.1, 0.15) is 5.56 Å². The highest BCUT2D eigenvalue weighted by atomic mass is 19.1. The average Bonchev–Trinajstić information content (AvgIpc) is 2.66. The molecule has 0 aliphatic carbocycles. The van der Waals surface area contributed by atoms with Crippen molar-refractivity contribution in [2.45, 2.75) is 6.42 Å². The van der Waals surface area contributed by atoms with Crippen LogP contribution in [0.15, 0.2) is 36.4 Å². The van der Waals surface area contributed by atoms with E-state index in [1.54, 1.807) is 0 Å². The number of esters is 1. The van der Waals surface area contributed by atoms with Crippen molar-refractivity contribution in [2.24, 2.45) is 0 Å². The monoisotopic (exact) mass is 392 g/mol. The van der Waals surface area contributed by atoms with Crippen LogP contribution >= 0.6 is 0 Å². The molecule has 0 aliphatic heterocycles. The molecular formula is C18H17FN2O7. The zero-order valence-electron chi connectivity index (χ0n) is 15.1. The fraction of sp³-hybridized carbons (Fsp3) is 0.222. The van der Waals surface area contributed by atoms with Gasteiger partial charge >= 0.3 is 5.97 Å². The van der Waals surface area contributed by atoms with E-state index in [0.29, 0.717) is 5.56 Å². The third-order valence-corrected chi connectivity index (χ3v) is 3.60. The van der Waals surface area contributed by atoms with Gasteiger partial charge in [0.25, 0.3) is 11.6 Å². The molecule has 2 rings (SSSR count). The van der Waals surface area contributed by atoms with Gasteiger partial charge < -0.3 is 19.5 Å². The lowest BCUT2D eigenvalue weighted by molar-refractivity contribution is -0.384. The van der Waals surface area contributed by atoms with E-state index < -0.39 is 29.2 Å². The summed E-state index contributed by atoms with van der Waals surface area (Å²) < 4.78 is 28.3. The van der Waals surface area contributed by atoms with E-state index in [1.165, 1.54) is 38.5 Å². The Morgan fingerprint density at radius 3 is 2.43 bits per heavy atom. The maximum atomic E-state index is 13.6. The van der Waals surface area contributed by atoms with Crippen LogP contribution in [0.3, 0.4) is 0 Å². The molecule has 0 bridgehead atoms. The summed E-state index contributed by atoms with van der Waals surface area (Å²) in [6.45, 7) is -0.586. The number of benzene rings is 2. The van der Waals surface area contributed by atoms with Gasteiger partial charge in [0, 0.05) is 6.07 Å². The number of amides is 1. The fourth-order valence-corrected chi connectivity index (χ4v) is 2.27. The zero-order chi connectivity index (χ0) is 20.7. The highest BCUT2D eigenvalue weighted by Crippen LogP contribution is 2.28. The van der Waals surface area contributed by atoms with Crippen LogP contribution in [-0.2, 0) is 20.7 Å². The van der Waals surface area contributed by atoms with Gasteiger partial charge in [-0.3, -0.25) is 19.7 Å². The van der Waals surface area contributed by atoms with Crippen molar-refractivity contribution in [1.29, 1.82) is 0 Å². The number of methoxy groups -OCH3 is 2. The molecule has 148 valence electrons. The van der Waals surface area contributed by atoms with E-state index >= 15 is 0 Å². The van der Waals surface area contributed by atoms with Crippen LogP contribution in [0.5, 0.6) is 11.5 Å². The number of rotatable bonds is 8. The first-order valence-corrected chi connectivity index (χ1v) is 7.94. The smallest absolute Gasteiger partial charge is 0.310 e. The van der Waals surface area contributed by atoms with E-state index in [9.17, 15) is 24.1 Å². The molecule has 0 saturated carbocycles. The Hall–Kier alpha value is -3.69. The number of hydrogen-bond donors (Lipinski definition) is 1. The number of nitro benzene ring substituents is 1. The van der Waals surface area contributed by atoms with Gasteiger partial charge in [0.15, 0.2) is 18.2 Å². The van der Waals surface area contributed by atoms with Crippen molar-refractivity contribution in [2.75, 3.05) is 26.1 Å². The molecule has 0 fully saturated rings. The quantitative estimate of drug-likeness (QED) is 0.417. The van der Waals surface area contributed by atoms with Crippen molar-refractivity contribution >= 4 is 23.3 Å². The number of nitro groups is 1. The second-order valence-electron chi connectivity index (χ2n) is 5.50. The van der Waals surface area contributed by atoms with Crippen molar-refractivity contribution in [1.82, 2.24) is 0 Å². The van der Waals surface area contributed by atoms with Crippen LogP contribution in [0.2, 0.25) is 0 Å². The van der Waals surface area contributed by atoms with Crippen LogP contribution in [0.25, 0.3) is 0 Å². The molecule has 1 amide bonds. The lowest BCUT2D eigenvalue weighted by Gasteiger charge is -2.10. The number of carbonyl (C=O) groups excluding carboxylic acids is 2. The molecule has 2 aromatic carbocycles. The van der Waals surface area contributed by atoms with Gasteiger partial charge in [0.2, 0.25) is 0 Å². The van der Waals surface area contributed by atoms with E-state index in [1.807, 2.05) is 0 Å². The van der Waals surface area contributed by atoms with E-state index in [4.69, 9.17) is 14.2 Å². The van der Waals surface area contributed by atoms with Crippen molar-refractivity contribution in [3.8, 4) is 11.5 Å². The lowest BCUT2D eigenvalue weighted by Crippen LogP contribution is -2.22. The van der Waals surface area contributed by atoms with E-state index in [2.05, 4.69) is 5.32 Å². The first-order valence-electron chi connectivity index (χ1n) is 7.94. The Morgan fingerprint density at radius 1 is 1.11 bits per heavy atom. The SMILES string of the molecule is COc1ccc(CC(=O)OCC(=O)Nc2ccc([N+](=O)[O-])cc2OC)cc1F. The first kappa shape index (κ1) is 20.6. The maximum absolute atomic E-state index is 13.6. The minimum absolute atomic E-state index is 0.0496. The fourth-order valence-electron chi connectivity index (χ4n) is 2.27. The third kappa shape index (κ3) is 5.40. The normalized spacial score (nSPS) is 10.1. The molecule has 28 heavy (non-hydrogen) atoms. The summed E-state index contributed by atoms with van der Waals surface area (Å²) in [4.78, 5) is 33.9. The number of anilines is 1. The standard InChI is InChI=1S/C18H17FN2O7/c1-26-15-6-3-11(7-13(15)19)8-18(23)28-10-17(22)20-14-5-4-12(21(24)25)9-16(14)27-2/h3-7,9H,8,10H2,1-2H3,(H,20,22). The lowest BCUT2D eigenvalue weighted by atomic mass is 10.1. The Kier molecular flexibility index (Phi) is 6.85. The Labute approximate surface area is 159 Å². The van der Waals surface area contributed by atoms with Crippen LogP contribution < -0.4 is 14.8 Å². The number of hydrogen-bond acceptors (Lipinski definition) is 7. The highest BCUT2D eigenvalue weighted by molar-refractivity contribution is 5.94. The number of halogens is 1. The number of non-ortho nitro benzene ring substituents is 1. The van der Waals surface area contributed by atoms with Crippen LogP contribution in [-0.4, -0.2) is 37.6 Å². The largest absolute Gasteiger partial charge is 0.494 e. The third-order valence-electron chi connectivity index (χ3n) is 3.60. The molecule has 0 saturated heterocycles. The highest BCUT2D eigenvalue weighted by Gasteiger charge is 2.15. The molecule has 10 heteroatoms. The topological polar surface area (TPSA) is 117 Å². The molecule has 0 aliphatic rings. The average molecular weight is 392 g/mol. The van der Waals surface area contributed by atoms with E-state index in [0.717, 1.165) is 12.1 Å². The maximum Gasteiger partial charge on any atom is 0.310 e. The predicted molar refractivity (Wildman–Crippen MR) is 95.9 cm³/mol. The summed E-state index contributed by atoms with van der Waals surface area (Å²) in [6.07, 6.45) is -0.227. The molecule has 2 aromatic rings. The molecule has 1 N–H and O–H groups in total. The minimum Gasteiger partial charge on any atom is -0.494 e. The number of ether oxygens (including phenoxy) is 3. The van der Waals surface area contributed by atoms with Gasteiger partial charge in [0.1, 0.15) is 5.75 Å². The summed E-state index contributed by atoms with van der Waals surface area (Å²) in [6, 6.07) is 7.68. The second kappa shape index (κ2) is 9.31. The molecule has 9 nitrogen and oxygen atoms in total. The number of nitrogens with zero attached hydrogens (tertiary/aromatic N) is 1. The van der Waals surface area contributed by atoms with Gasteiger partial charge in [0.05, 0.1) is 37.3 Å². The van der Waals surface area contributed by atoms with Crippen LogP contribution in [0, 0.1) is 15.9 Å². The summed E-state index contributed by atoms with van der Waals surface area (Å²) in [5, 5.41) is 13.2.